The van der Waals surface area contributed by atoms with Crippen molar-refractivity contribution in [1.82, 2.24) is 9.55 Å². The van der Waals surface area contributed by atoms with Crippen molar-refractivity contribution in [3.63, 3.8) is 0 Å². The van der Waals surface area contributed by atoms with Crippen LogP contribution >= 0.6 is 11.8 Å². The van der Waals surface area contributed by atoms with Crippen LogP contribution in [0.2, 0.25) is 0 Å². The maximum absolute atomic E-state index is 13.5. The highest BCUT2D eigenvalue weighted by atomic mass is 32.2. The molecule has 2 heterocycles. The fourth-order valence-electron chi connectivity index (χ4n) is 4.11. The third kappa shape index (κ3) is 3.82. The van der Waals surface area contributed by atoms with Crippen LogP contribution in [-0.4, -0.2) is 27.6 Å². The first-order valence-corrected chi connectivity index (χ1v) is 11.7. The first-order chi connectivity index (χ1) is 15.7. The van der Waals surface area contributed by atoms with Gasteiger partial charge >= 0.3 is 0 Å². The second kappa shape index (κ2) is 8.63. The smallest absolute Gasteiger partial charge is 0.194 e. The van der Waals surface area contributed by atoms with Gasteiger partial charge in [0.25, 0.3) is 0 Å². The van der Waals surface area contributed by atoms with Gasteiger partial charge < -0.3 is 9.69 Å². The van der Waals surface area contributed by atoms with Crippen molar-refractivity contribution in [2.75, 3.05) is 10.7 Å². The predicted molar refractivity (Wildman–Crippen MR) is 130 cm³/mol. The maximum Gasteiger partial charge on any atom is 0.194 e. The highest BCUT2D eigenvalue weighted by Crippen LogP contribution is 2.40. The van der Waals surface area contributed by atoms with Gasteiger partial charge in [0.05, 0.1) is 16.7 Å². The summed E-state index contributed by atoms with van der Waals surface area (Å²) in [6.45, 7) is 1.92. The molecule has 4 aromatic rings. The van der Waals surface area contributed by atoms with Gasteiger partial charge in [0.1, 0.15) is 17.1 Å². The molecule has 1 aliphatic carbocycles. The van der Waals surface area contributed by atoms with E-state index in [9.17, 15) is 9.59 Å². The van der Waals surface area contributed by atoms with Crippen molar-refractivity contribution in [3.8, 4) is 5.69 Å². The highest BCUT2D eigenvalue weighted by Gasteiger charge is 2.33. The monoisotopic (exact) mass is 441 g/mol. The topological polar surface area (TPSA) is 55.2 Å². The number of hydrogen-bond acceptors (Lipinski definition) is 5. The molecular formula is C26H23N3O2S. The fourth-order valence-corrected chi connectivity index (χ4v) is 4.89. The van der Waals surface area contributed by atoms with E-state index < -0.39 is 0 Å². The first kappa shape index (κ1) is 20.5. The lowest BCUT2D eigenvalue weighted by Gasteiger charge is -2.29. The second-order valence-corrected chi connectivity index (χ2v) is 8.92. The minimum absolute atomic E-state index is 0.0790. The molecule has 0 saturated heterocycles. The molecule has 0 aliphatic heterocycles. The summed E-state index contributed by atoms with van der Waals surface area (Å²) in [5.41, 5.74) is 3.58. The molecule has 0 atom stereocenters. The Morgan fingerprint density at radius 3 is 2.41 bits per heavy atom. The quantitative estimate of drug-likeness (QED) is 0.288. The van der Waals surface area contributed by atoms with Crippen molar-refractivity contribution in [1.29, 1.82) is 0 Å². The summed E-state index contributed by atoms with van der Waals surface area (Å²) in [6, 6.07) is 24.4. The number of aromatic nitrogens is 2. The molecule has 32 heavy (non-hydrogen) atoms. The number of carbonyl (C=O) groups excluding carboxylic acids is 1. The van der Waals surface area contributed by atoms with Crippen molar-refractivity contribution >= 4 is 40.5 Å². The number of carbonyl (C=O) groups is 1. The summed E-state index contributed by atoms with van der Waals surface area (Å²) in [6.07, 6.45) is 3.02. The zero-order valence-electron chi connectivity index (χ0n) is 17.8. The standard InChI is InChI=1S/C26H23N3O2S/c1-18-16-22-25(26(27-18)32-15-14-30)23(31)17-24(29(22)20-10-6-3-7-11-20)28(21-12-13-21)19-8-4-2-5-9-19/h2-11,14,16-17,21H,12-13,15H2,1H3. The van der Waals surface area contributed by atoms with E-state index in [0.717, 1.165) is 47.5 Å². The number of aldehydes is 1. The second-order valence-electron chi connectivity index (χ2n) is 7.92. The van der Waals surface area contributed by atoms with Gasteiger partial charge in [0.2, 0.25) is 0 Å². The maximum atomic E-state index is 13.5. The van der Waals surface area contributed by atoms with Gasteiger partial charge in [-0.25, -0.2) is 4.98 Å². The molecule has 0 amide bonds. The number of para-hydroxylation sites is 2. The Labute approximate surface area is 190 Å². The highest BCUT2D eigenvalue weighted by molar-refractivity contribution is 8.00. The molecule has 6 heteroatoms. The summed E-state index contributed by atoms with van der Waals surface area (Å²) in [7, 11) is 0. The van der Waals surface area contributed by atoms with Crippen LogP contribution in [0.25, 0.3) is 16.6 Å². The van der Waals surface area contributed by atoms with E-state index in [1.54, 1.807) is 6.07 Å². The number of hydrogen-bond donors (Lipinski definition) is 0. The normalized spacial score (nSPS) is 13.3. The molecule has 1 saturated carbocycles. The van der Waals surface area contributed by atoms with E-state index in [4.69, 9.17) is 0 Å². The fraction of sp³-hybridized carbons (Fsp3) is 0.192. The lowest BCUT2D eigenvalue weighted by molar-refractivity contribution is -0.105. The molecular weight excluding hydrogens is 418 g/mol. The summed E-state index contributed by atoms with van der Waals surface area (Å²) >= 11 is 1.31. The van der Waals surface area contributed by atoms with E-state index in [-0.39, 0.29) is 11.2 Å². The SMILES string of the molecule is Cc1cc2c(c(SCC=O)n1)c(=O)cc(N(c1ccccc1)C1CC1)n2-c1ccccc1. The van der Waals surface area contributed by atoms with Gasteiger partial charge in [0, 0.05) is 29.2 Å². The van der Waals surface area contributed by atoms with Gasteiger partial charge in [-0.05, 0) is 50.1 Å². The van der Waals surface area contributed by atoms with Gasteiger partial charge in [0.15, 0.2) is 5.43 Å². The third-order valence-electron chi connectivity index (χ3n) is 5.57. The zero-order chi connectivity index (χ0) is 22.1. The predicted octanol–water partition coefficient (Wildman–Crippen LogP) is 5.29. The van der Waals surface area contributed by atoms with Crippen LogP contribution in [0.1, 0.15) is 18.5 Å². The zero-order valence-corrected chi connectivity index (χ0v) is 18.6. The van der Waals surface area contributed by atoms with Crippen LogP contribution in [0, 0.1) is 6.92 Å². The molecule has 160 valence electrons. The molecule has 5 rings (SSSR count). The molecule has 0 N–H and O–H groups in total. The Kier molecular flexibility index (Phi) is 5.53. The minimum Gasteiger partial charge on any atom is -0.324 e. The summed E-state index contributed by atoms with van der Waals surface area (Å²) in [5, 5.41) is 1.16. The van der Waals surface area contributed by atoms with E-state index in [1.165, 1.54) is 11.8 Å². The lowest BCUT2D eigenvalue weighted by Crippen LogP contribution is -2.26. The molecule has 0 unspecified atom stereocenters. The molecule has 2 aromatic heterocycles. The largest absolute Gasteiger partial charge is 0.324 e. The summed E-state index contributed by atoms with van der Waals surface area (Å²) in [4.78, 5) is 31.4. The average molecular weight is 442 g/mol. The van der Waals surface area contributed by atoms with Gasteiger partial charge in [-0.3, -0.25) is 9.36 Å². The number of aryl methyl sites for hydroxylation is 1. The molecule has 0 radical (unpaired) electrons. The Balaban J connectivity index is 1.86. The Hall–Kier alpha value is -3.38. The van der Waals surface area contributed by atoms with E-state index in [1.807, 2.05) is 49.4 Å². The number of anilines is 2. The lowest BCUT2D eigenvalue weighted by atomic mass is 10.2. The summed E-state index contributed by atoms with van der Waals surface area (Å²) in [5.74, 6) is 1.11. The number of thioether (sulfide) groups is 1. The van der Waals surface area contributed by atoms with Crippen LogP contribution < -0.4 is 10.3 Å². The van der Waals surface area contributed by atoms with Gasteiger partial charge in [-0.1, -0.05) is 48.2 Å². The van der Waals surface area contributed by atoms with Crippen molar-refractivity contribution in [2.45, 2.75) is 30.8 Å². The minimum atomic E-state index is -0.0790. The Morgan fingerprint density at radius 1 is 1.06 bits per heavy atom. The van der Waals surface area contributed by atoms with Crippen LogP contribution in [0.4, 0.5) is 11.5 Å². The molecule has 0 bridgehead atoms. The van der Waals surface area contributed by atoms with Crippen LogP contribution in [0.5, 0.6) is 0 Å². The number of fused-ring (bicyclic) bond motifs is 1. The van der Waals surface area contributed by atoms with Crippen molar-refractivity contribution < 1.29 is 4.79 Å². The van der Waals surface area contributed by atoms with Crippen molar-refractivity contribution in [3.05, 3.63) is 88.7 Å². The van der Waals surface area contributed by atoms with Crippen LogP contribution in [-0.2, 0) is 4.79 Å². The third-order valence-corrected chi connectivity index (χ3v) is 6.44. The first-order valence-electron chi connectivity index (χ1n) is 10.7. The molecule has 2 aromatic carbocycles. The van der Waals surface area contributed by atoms with Crippen molar-refractivity contribution in [2.24, 2.45) is 0 Å². The molecule has 1 fully saturated rings. The number of benzene rings is 2. The molecule has 0 spiro atoms. The molecule has 5 nitrogen and oxygen atoms in total. The van der Waals surface area contributed by atoms with E-state index >= 15 is 0 Å². The van der Waals surface area contributed by atoms with E-state index in [0.29, 0.717) is 16.5 Å². The van der Waals surface area contributed by atoms with Crippen LogP contribution in [0.3, 0.4) is 0 Å². The Morgan fingerprint density at radius 2 is 1.75 bits per heavy atom. The van der Waals surface area contributed by atoms with Gasteiger partial charge in [-0.15, -0.1) is 0 Å². The van der Waals surface area contributed by atoms with Gasteiger partial charge in [-0.2, -0.15) is 0 Å². The number of pyridine rings is 2. The van der Waals surface area contributed by atoms with Crippen LogP contribution in [0.15, 0.2) is 82.6 Å². The summed E-state index contributed by atoms with van der Waals surface area (Å²) < 4.78 is 2.15. The Bertz CT molecular complexity index is 1330. The number of nitrogens with zero attached hydrogens (tertiary/aromatic N) is 3. The number of rotatable bonds is 7. The average Bonchev–Trinajstić information content (AvgIpc) is 3.64. The van der Waals surface area contributed by atoms with E-state index in [2.05, 4.69) is 38.7 Å². The molecule has 1 aliphatic rings.